The Morgan fingerprint density at radius 2 is 2.14 bits per heavy atom. The number of nitrogens with one attached hydrogen (secondary N) is 1. The molecule has 3 heterocycles. The van der Waals surface area contributed by atoms with Crippen molar-refractivity contribution in [1.29, 1.82) is 0 Å². The first-order valence-electron chi connectivity index (χ1n) is 7.59. The summed E-state index contributed by atoms with van der Waals surface area (Å²) in [5, 5.41) is 6.97. The monoisotopic (exact) mass is 293 g/mol. The van der Waals surface area contributed by atoms with E-state index in [1.54, 1.807) is 0 Å². The zero-order valence-corrected chi connectivity index (χ0v) is 12.9. The summed E-state index contributed by atoms with van der Waals surface area (Å²) in [6.45, 7) is 9.38. The number of carbonyl (C=O) groups is 1. The third-order valence-corrected chi connectivity index (χ3v) is 4.07. The second kappa shape index (κ2) is 5.20. The summed E-state index contributed by atoms with van der Waals surface area (Å²) in [6, 6.07) is 0.281. The largest absolute Gasteiger partial charge is 0.337 e. The standard InChI is InChI=1S/C14H23N5O2/c1-14(2,3)11-16-12(17-21-11)18-7-4-5-10(9-18)19-8-6-15-13(19)20/h10H,4-9H2,1-3H3,(H,15,20). The molecule has 0 spiro atoms. The SMILES string of the molecule is CC(C)(C)c1nc(N2CCCC(N3CCNC3=O)C2)no1. The zero-order chi connectivity index (χ0) is 15.0. The minimum atomic E-state index is -0.144. The van der Waals surface area contributed by atoms with Gasteiger partial charge in [-0.25, -0.2) is 4.79 Å². The van der Waals surface area contributed by atoms with Crippen LogP contribution in [0, 0.1) is 0 Å². The van der Waals surface area contributed by atoms with Gasteiger partial charge in [-0.3, -0.25) is 0 Å². The zero-order valence-electron chi connectivity index (χ0n) is 12.9. The molecule has 0 radical (unpaired) electrons. The molecule has 0 aliphatic carbocycles. The van der Waals surface area contributed by atoms with E-state index in [1.807, 2.05) is 4.90 Å². The van der Waals surface area contributed by atoms with Gasteiger partial charge >= 0.3 is 6.03 Å². The number of nitrogens with zero attached hydrogens (tertiary/aromatic N) is 4. The first-order valence-corrected chi connectivity index (χ1v) is 7.59. The Hall–Kier alpha value is -1.79. The molecule has 7 nitrogen and oxygen atoms in total. The second-order valence-electron chi connectivity index (χ2n) is 6.82. The molecule has 2 amide bonds. The molecule has 1 N–H and O–H groups in total. The van der Waals surface area contributed by atoms with Gasteiger partial charge in [0.1, 0.15) is 0 Å². The average molecular weight is 293 g/mol. The van der Waals surface area contributed by atoms with Crippen LogP contribution in [0.4, 0.5) is 10.7 Å². The van der Waals surface area contributed by atoms with Crippen LogP contribution in [0.15, 0.2) is 4.52 Å². The second-order valence-corrected chi connectivity index (χ2v) is 6.82. The molecule has 0 aromatic carbocycles. The van der Waals surface area contributed by atoms with E-state index in [9.17, 15) is 4.79 Å². The van der Waals surface area contributed by atoms with E-state index >= 15 is 0 Å². The molecule has 2 aliphatic heterocycles. The van der Waals surface area contributed by atoms with Crippen LogP contribution in [-0.2, 0) is 5.41 Å². The fraction of sp³-hybridized carbons (Fsp3) is 0.786. The lowest BCUT2D eigenvalue weighted by Gasteiger charge is -2.36. The Kier molecular flexibility index (Phi) is 3.51. The maximum Gasteiger partial charge on any atom is 0.317 e. The van der Waals surface area contributed by atoms with Gasteiger partial charge in [-0.1, -0.05) is 20.8 Å². The first-order chi connectivity index (χ1) is 9.95. The molecule has 2 aliphatic rings. The van der Waals surface area contributed by atoms with E-state index in [-0.39, 0.29) is 17.5 Å². The summed E-state index contributed by atoms with van der Waals surface area (Å²) in [5.41, 5.74) is -0.144. The first kappa shape index (κ1) is 14.2. The number of hydrogen-bond donors (Lipinski definition) is 1. The lowest BCUT2D eigenvalue weighted by molar-refractivity contribution is 0.189. The van der Waals surface area contributed by atoms with E-state index in [4.69, 9.17) is 4.52 Å². The predicted molar refractivity (Wildman–Crippen MR) is 78.3 cm³/mol. The fourth-order valence-electron chi connectivity index (χ4n) is 2.87. The topological polar surface area (TPSA) is 74.5 Å². The van der Waals surface area contributed by atoms with Gasteiger partial charge in [0, 0.05) is 31.6 Å². The van der Waals surface area contributed by atoms with Crippen LogP contribution in [0.2, 0.25) is 0 Å². The minimum Gasteiger partial charge on any atom is -0.337 e. The summed E-state index contributed by atoms with van der Waals surface area (Å²) in [4.78, 5) is 20.4. The Morgan fingerprint density at radius 3 is 2.76 bits per heavy atom. The number of rotatable bonds is 2. The van der Waals surface area contributed by atoms with Crippen molar-refractivity contribution in [3.8, 4) is 0 Å². The van der Waals surface area contributed by atoms with Crippen LogP contribution >= 0.6 is 0 Å². The highest BCUT2D eigenvalue weighted by molar-refractivity contribution is 5.76. The van der Waals surface area contributed by atoms with E-state index in [0.717, 1.165) is 39.0 Å². The molecule has 7 heteroatoms. The van der Waals surface area contributed by atoms with Gasteiger partial charge in [-0.2, -0.15) is 4.98 Å². The van der Waals surface area contributed by atoms with E-state index < -0.39 is 0 Å². The molecule has 1 atom stereocenters. The lowest BCUT2D eigenvalue weighted by Crippen LogP contribution is -2.49. The van der Waals surface area contributed by atoms with Crippen LogP contribution in [-0.4, -0.2) is 53.3 Å². The highest BCUT2D eigenvalue weighted by Crippen LogP contribution is 2.25. The molecule has 3 rings (SSSR count). The third kappa shape index (κ3) is 2.82. The van der Waals surface area contributed by atoms with Gasteiger partial charge in [-0.05, 0) is 18.0 Å². The van der Waals surface area contributed by atoms with Gasteiger partial charge < -0.3 is 19.6 Å². The molecular formula is C14H23N5O2. The Morgan fingerprint density at radius 1 is 1.33 bits per heavy atom. The van der Waals surface area contributed by atoms with E-state index in [0.29, 0.717) is 11.8 Å². The van der Waals surface area contributed by atoms with E-state index in [2.05, 4.69) is 41.1 Å². The van der Waals surface area contributed by atoms with Crippen LogP contribution < -0.4 is 10.2 Å². The molecule has 21 heavy (non-hydrogen) atoms. The normalized spacial score (nSPS) is 23.6. The van der Waals surface area contributed by atoms with Gasteiger partial charge in [0.15, 0.2) is 0 Å². The highest BCUT2D eigenvalue weighted by atomic mass is 16.5. The summed E-state index contributed by atoms with van der Waals surface area (Å²) < 4.78 is 5.37. The number of anilines is 1. The third-order valence-electron chi connectivity index (χ3n) is 4.07. The molecular weight excluding hydrogens is 270 g/mol. The van der Waals surface area contributed by atoms with Gasteiger partial charge in [0.25, 0.3) is 5.95 Å². The van der Waals surface area contributed by atoms with Crippen LogP contribution in [0.5, 0.6) is 0 Å². The van der Waals surface area contributed by atoms with Gasteiger partial charge in [-0.15, -0.1) is 0 Å². The Balaban J connectivity index is 1.71. The molecule has 2 fully saturated rings. The van der Waals surface area contributed by atoms with Crippen molar-refractivity contribution in [1.82, 2.24) is 20.4 Å². The molecule has 2 saturated heterocycles. The van der Waals surface area contributed by atoms with Crippen molar-refractivity contribution >= 4 is 12.0 Å². The molecule has 0 saturated carbocycles. The van der Waals surface area contributed by atoms with Crippen LogP contribution in [0.25, 0.3) is 0 Å². The fourth-order valence-corrected chi connectivity index (χ4v) is 2.87. The van der Waals surface area contributed by atoms with Crippen LogP contribution in [0.3, 0.4) is 0 Å². The van der Waals surface area contributed by atoms with Crippen molar-refractivity contribution in [2.24, 2.45) is 0 Å². The molecule has 1 aromatic rings. The molecule has 0 bridgehead atoms. The summed E-state index contributed by atoms with van der Waals surface area (Å²) in [6.07, 6.45) is 2.07. The van der Waals surface area contributed by atoms with Crippen molar-refractivity contribution in [2.45, 2.75) is 45.1 Å². The van der Waals surface area contributed by atoms with Crippen LogP contribution in [0.1, 0.15) is 39.5 Å². The summed E-state index contributed by atoms with van der Waals surface area (Å²) >= 11 is 0. The lowest BCUT2D eigenvalue weighted by atomic mass is 9.97. The Labute approximate surface area is 124 Å². The highest BCUT2D eigenvalue weighted by Gasteiger charge is 2.33. The van der Waals surface area contributed by atoms with Gasteiger partial charge in [0.2, 0.25) is 5.89 Å². The number of urea groups is 1. The molecule has 1 unspecified atom stereocenters. The Bertz CT molecular complexity index is 522. The summed E-state index contributed by atoms with van der Waals surface area (Å²) in [7, 11) is 0. The molecule has 1 aromatic heterocycles. The maximum absolute atomic E-state index is 11.8. The van der Waals surface area contributed by atoms with Crippen molar-refractivity contribution in [2.75, 3.05) is 31.1 Å². The minimum absolute atomic E-state index is 0.0466. The number of piperidine rings is 1. The van der Waals surface area contributed by atoms with Crippen molar-refractivity contribution in [3.05, 3.63) is 5.89 Å². The number of carbonyl (C=O) groups excluding carboxylic acids is 1. The smallest absolute Gasteiger partial charge is 0.317 e. The predicted octanol–water partition coefficient (Wildman–Crippen LogP) is 1.36. The van der Waals surface area contributed by atoms with Gasteiger partial charge in [0.05, 0.1) is 6.04 Å². The molecule has 116 valence electrons. The van der Waals surface area contributed by atoms with Crippen molar-refractivity contribution in [3.63, 3.8) is 0 Å². The average Bonchev–Trinajstić information content (AvgIpc) is 3.06. The summed E-state index contributed by atoms with van der Waals surface area (Å²) in [5.74, 6) is 1.29. The maximum atomic E-state index is 11.8. The number of hydrogen-bond acceptors (Lipinski definition) is 5. The van der Waals surface area contributed by atoms with Crippen molar-refractivity contribution < 1.29 is 9.32 Å². The quantitative estimate of drug-likeness (QED) is 0.891. The van der Waals surface area contributed by atoms with E-state index in [1.165, 1.54) is 0 Å². The number of aromatic nitrogens is 2. The number of amides is 2.